The lowest BCUT2D eigenvalue weighted by Crippen LogP contribution is -2.31. The van der Waals surface area contributed by atoms with Crippen molar-refractivity contribution in [2.24, 2.45) is 0 Å². The number of aromatic nitrogens is 1. The van der Waals surface area contributed by atoms with Crippen LogP contribution in [0.25, 0.3) is 0 Å². The number of nitrogens with zero attached hydrogens (tertiary/aromatic N) is 1. The van der Waals surface area contributed by atoms with Crippen LogP contribution in [0.4, 0.5) is 0 Å². The molecule has 0 radical (unpaired) electrons. The Morgan fingerprint density at radius 1 is 1.60 bits per heavy atom. The topological polar surface area (TPSA) is 42.0 Å². The van der Waals surface area contributed by atoms with Crippen molar-refractivity contribution in [1.29, 1.82) is 0 Å². The maximum atomic E-state index is 11.6. The third kappa shape index (κ3) is 3.22. The smallest absolute Gasteiger partial charge is 0.271 e. The third-order valence-corrected chi connectivity index (χ3v) is 2.25. The monoisotopic (exact) mass is 244 g/mol. The molecule has 1 N–H and O–H groups in total. The average molecular weight is 245 g/mol. The second kappa shape index (κ2) is 5.14. The first kappa shape index (κ1) is 12.0. The summed E-state index contributed by atoms with van der Waals surface area (Å²) in [6.07, 6.45) is 1.61. The zero-order valence-corrected chi connectivity index (χ0v) is 9.64. The summed E-state index contributed by atoms with van der Waals surface area (Å²) >= 11 is 11.5. The molecule has 1 aromatic heterocycles. The quantitative estimate of drug-likeness (QED) is 0.657. The van der Waals surface area contributed by atoms with Crippen LogP contribution in [-0.2, 0) is 0 Å². The first-order chi connectivity index (χ1) is 7.04. The highest BCUT2D eigenvalue weighted by atomic mass is 35.5. The van der Waals surface area contributed by atoms with Gasteiger partial charge in [0.25, 0.3) is 5.91 Å². The van der Waals surface area contributed by atoms with Crippen LogP contribution in [0, 0.1) is 0 Å². The Balaban J connectivity index is 2.90. The molecular formula is C10H10Cl2N2O. The highest BCUT2D eigenvalue weighted by Gasteiger charge is 2.13. The van der Waals surface area contributed by atoms with Crippen molar-refractivity contribution in [2.75, 3.05) is 0 Å². The fourth-order valence-electron chi connectivity index (χ4n) is 0.912. The second-order valence-corrected chi connectivity index (χ2v) is 3.76. The lowest BCUT2D eigenvalue weighted by Gasteiger charge is -2.09. The molecule has 0 aliphatic rings. The molecule has 3 nitrogen and oxygen atoms in total. The normalized spacial score (nSPS) is 11.9. The van der Waals surface area contributed by atoms with E-state index in [-0.39, 0.29) is 27.8 Å². The van der Waals surface area contributed by atoms with Gasteiger partial charge in [0.2, 0.25) is 0 Å². The van der Waals surface area contributed by atoms with Crippen LogP contribution >= 0.6 is 23.2 Å². The summed E-state index contributed by atoms with van der Waals surface area (Å²) in [6, 6.07) is 2.91. The van der Waals surface area contributed by atoms with E-state index in [0.29, 0.717) is 0 Å². The van der Waals surface area contributed by atoms with E-state index in [9.17, 15) is 4.79 Å². The standard InChI is InChI=1S/C10H10Cl2N2O/c1-3-6(2)13-10(15)9-7(11)4-5-8(12)14-9/h3-6H,1H2,2H3,(H,13,15). The van der Waals surface area contributed by atoms with E-state index in [1.807, 2.05) is 0 Å². The van der Waals surface area contributed by atoms with Gasteiger partial charge in [-0.1, -0.05) is 29.3 Å². The van der Waals surface area contributed by atoms with Crippen LogP contribution in [0.2, 0.25) is 10.2 Å². The van der Waals surface area contributed by atoms with E-state index in [0.717, 1.165) is 0 Å². The van der Waals surface area contributed by atoms with Crippen LogP contribution in [0.15, 0.2) is 24.8 Å². The van der Waals surface area contributed by atoms with Crippen LogP contribution in [-0.4, -0.2) is 16.9 Å². The highest BCUT2D eigenvalue weighted by molar-refractivity contribution is 6.34. The van der Waals surface area contributed by atoms with Crippen molar-refractivity contribution < 1.29 is 4.79 Å². The van der Waals surface area contributed by atoms with Crippen molar-refractivity contribution in [3.63, 3.8) is 0 Å². The molecular weight excluding hydrogens is 235 g/mol. The van der Waals surface area contributed by atoms with Gasteiger partial charge in [0.05, 0.1) is 5.02 Å². The molecule has 0 fully saturated rings. The van der Waals surface area contributed by atoms with E-state index in [1.54, 1.807) is 13.0 Å². The molecule has 1 aromatic rings. The van der Waals surface area contributed by atoms with E-state index >= 15 is 0 Å². The maximum Gasteiger partial charge on any atom is 0.271 e. The second-order valence-electron chi connectivity index (χ2n) is 2.96. The Bertz CT molecular complexity index is 393. The number of hydrogen-bond donors (Lipinski definition) is 1. The Morgan fingerprint density at radius 2 is 2.27 bits per heavy atom. The molecule has 1 heterocycles. The van der Waals surface area contributed by atoms with Crippen LogP contribution < -0.4 is 5.32 Å². The SMILES string of the molecule is C=CC(C)NC(=O)c1nc(Cl)ccc1Cl. The number of amides is 1. The molecule has 1 atom stereocenters. The van der Waals surface area contributed by atoms with Gasteiger partial charge in [-0.15, -0.1) is 6.58 Å². The minimum Gasteiger partial charge on any atom is -0.345 e. The van der Waals surface area contributed by atoms with Crippen molar-refractivity contribution in [1.82, 2.24) is 10.3 Å². The predicted molar refractivity (Wildman–Crippen MR) is 61.4 cm³/mol. The zero-order chi connectivity index (χ0) is 11.4. The number of carbonyl (C=O) groups is 1. The molecule has 0 aliphatic heterocycles. The van der Waals surface area contributed by atoms with Crippen LogP contribution in [0.5, 0.6) is 0 Å². The fraction of sp³-hybridized carbons (Fsp3) is 0.200. The van der Waals surface area contributed by atoms with Gasteiger partial charge in [-0.2, -0.15) is 0 Å². The van der Waals surface area contributed by atoms with Crippen molar-refractivity contribution in [3.05, 3.63) is 40.7 Å². The largest absolute Gasteiger partial charge is 0.345 e. The third-order valence-electron chi connectivity index (χ3n) is 1.74. The van der Waals surface area contributed by atoms with Crippen LogP contribution in [0.1, 0.15) is 17.4 Å². The van der Waals surface area contributed by atoms with Gasteiger partial charge >= 0.3 is 0 Å². The average Bonchev–Trinajstić information content (AvgIpc) is 2.21. The lowest BCUT2D eigenvalue weighted by molar-refractivity contribution is 0.0942. The van der Waals surface area contributed by atoms with Crippen molar-refractivity contribution in [3.8, 4) is 0 Å². The molecule has 0 saturated heterocycles. The van der Waals surface area contributed by atoms with Gasteiger partial charge in [-0.25, -0.2) is 4.98 Å². The summed E-state index contributed by atoms with van der Waals surface area (Å²) in [4.78, 5) is 15.5. The molecule has 0 spiro atoms. The van der Waals surface area contributed by atoms with Gasteiger partial charge < -0.3 is 5.32 Å². The molecule has 0 bridgehead atoms. The molecule has 80 valence electrons. The summed E-state index contributed by atoms with van der Waals surface area (Å²) in [6.45, 7) is 5.35. The van der Waals surface area contributed by atoms with Gasteiger partial charge in [0.15, 0.2) is 0 Å². The molecule has 1 rings (SSSR count). The predicted octanol–water partition coefficient (Wildman–Crippen LogP) is 2.69. The molecule has 15 heavy (non-hydrogen) atoms. The lowest BCUT2D eigenvalue weighted by atomic mass is 10.3. The molecule has 0 aromatic carbocycles. The minimum atomic E-state index is -0.366. The highest BCUT2D eigenvalue weighted by Crippen LogP contribution is 2.16. The van der Waals surface area contributed by atoms with Gasteiger partial charge in [-0.05, 0) is 19.1 Å². The number of pyridine rings is 1. The Kier molecular flexibility index (Phi) is 4.12. The van der Waals surface area contributed by atoms with Crippen LogP contribution in [0.3, 0.4) is 0 Å². The van der Waals surface area contributed by atoms with Crippen molar-refractivity contribution in [2.45, 2.75) is 13.0 Å². The summed E-state index contributed by atoms with van der Waals surface area (Å²) in [5.41, 5.74) is 0.123. The molecule has 1 amide bonds. The van der Waals surface area contributed by atoms with Gasteiger partial charge in [-0.3, -0.25) is 4.79 Å². The summed E-state index contributed by atoms with van der Waals surface area (Å²) < 4.78 is 0. The summed E-state index contributed by atoms with van der Waals surface area (Å²) in [5.74, 6) is -0.366. The van der Waals surface area contributed by atoms with Gasteiger partial charge in [0, 0.05) is 6.04 Å². The fourth-order valence-corrected chi connectivity index (χ4v) is 1.25. The summed E-state index contributed by atoms with van der Waals surface area (Å²) in [5, 5.41) is 3.15. The maximum absolute atomic E-state index is 11.6. The zero-order valence-electron chi connectivity index (χ0n) is 8.13. The van der Waals surface area contributed by atoms with E-state index in [1.165, 1.54) is 12.1 Å². The van der Waals surface area contributed by atoms with E-state index in [2.05, 4.69) is 16.9 Å². The Morgan fingerprint density at radius 3 is 2.87 bits per heavy atom. The minimum absolute atomic E-state index is 0.123. The summed E-state index contributed by atoms with van der Waals surface area (Å²) in [7, 11) is 0. The molecule has 0 saturated carbocycles. The van der Waals surface area contributed by atoms with E-state index in [4.69, 9.17) is 23.2 Å². The first-order valence-corrected chi connectivity index (χ1v) is 5.05. The number of carbonyl (C=O) groups excluding carboxylic acids is 1. The molecule has 5 heteroatoms. The number of hydrogen-bond acceptors (Lipinski definition) is 2. The number of halogens is 2. The van der Waals surface area contributed by atoms with Crippen molar-refractivity contribution >= 4 is 29.1 Å². The number of rotatable bonds is 3. The van der Waals surface area contributed by atoms with E-state index < -0.39 is 0 Å². The number of nitrogens with one attached hydrogen (secondary N) is 1. The Hall–Kier alpha value is -1.06. The van der Waals surface area contributed by atoms with Gasteiger partial charge in [0.1, 0.15) is 10.8 Å². The molecule has 1 unspecified atom stereocenters. The first-order valence-electron chi connectivity index (χ1n) is 4.30. The Labute approximate surface area is 98.1 Å². The molecule has 0 aliphatic carbocycles.